The smallest absolute Gasteiger partial charge is 0.270 e. The van der Waals surface area contributed by atoms with Crippen molar-refractivity contribution in [2.45, 2.75) is 43.6 Å². The summed E-state index contributed by atoms with van der Waals surface area (Å²) < 4.78 is 27.8. The number of aliphatic hydroxyl groups is 1. The number of benzene rings is 2. The van der Waals surface area contributed by atoms with Gasteiger partial charge in [-0.2, -0.15) is 0 Å². The van der Waals surface area contributed by atoms with Crippen LogP contribution in [-0.4, -0.2) is 64.2 Å². The van der Waals surface area contributed by atoms with E-state index in [2.05, 4.69) is 31.2 Å². The van der Waals surface area contributed by atoms with Crippen molar-refractivity contribution < 1.29 is 23.8 Å². The van der Waals surface area contributed by atoms with Gasteiger partial charge in [0.25, 0.3) is 5.91 Å². The van der Waals surface area contributed by atoms with Crippen molar-refractivity contribution in [2.75, 3.05) is 20.3 Å². The van der Waals surface area contributed by atoms with Crippen LogP contribution in [0.2, 0.25) is 0 Å². The van der Waals surface area contributed by atoms with Crippen molar-refractivity contribution in [1.29, 1.82) is 0 Å². The predicted molar refractivity (Wildman–Crippen MR) is 160 cm³/mol. The summed E-state index contributed by atoms with van der Waals surface area (Å²) in [6, 6.07) is 15.7. The van der Waals surface area contributed by atoms with Gasteiger partial charge in [0, 0.05) is 37.7 Å². The number of halogens is 1. The first-order valence-corrected chi connectivity index (χ1v) is 14.3. The number of nitrogens with one attached hydrogen (secondary N) is 2. The fourth-order valence-electron chi connectivity index (χ4n) is 5.87. The normalized spacial score (nSPS) is 21.5. The molecule has 3 N–H and O–H groups in total. The summed E-state index contributed by atoms with van der Waals surface area (Å²) in [5.41, 5.74) is 3.50. The van der Waals surface area contributed by atoms with E-state index in [0.717, 1.165) is 28.2 Å². The lowest BCUT2D eigenvalue weighted by atomic mass is 9.87. The number of allylic oxidation sites excluding steroid dienone is 1. The molecule has 0 saturated heterocycles. The molecule has 4 atom stereocenters. The Kier molecular flexibility index (Phi) is 8.43. The maximum absolute atomic E-state index is 13.8. The number of aliphatic imine (C=N–C) groups is 1. The van der Waals surface area contributed by atoms with E-state index in [1.165, 1.54) is 12.3 Å². The van der Waals surface area contributed by atoms with Gasteiger partial charge in [0.1, 0.15) is 35.9 Å². The minimum absolute atomic E-state index is 0.0269. The van der Waals surface area contributed by atoms with Crippen LogP contribution in [-0.2, 0) is 4.74 Å². The summed E-state index contributed by atoms with van der Waals surface area (Å²) in [5, 5.41) is 15.8. The van der Waals surface area contributed by atoms with E-state index in [1.807, 2.05) is 48.7 Å². The fourth-order valence-corrected chi connectivity index (χ4v) is 5.87. The standard InChI is InChI=1S/C32H33FN6O4/c1-42-24-18-22(37-32(41)27-16-21(33)9-12-34-27)17-23(19-24)39-28-15-20(30-35-10-4-11-36-30)7-8-26(28)38-31(39)25-5-2-3-6-29(25)43-14-13-40/h2-12,15-16,22-24,30,35,40H,13-14,17-19H2,1H3,(H,37,41)/t22-,23+,24+,30?/m1/s1. The summed E-state index contributed by atoms with van der Waals surface area (Å²) in [6.45, 7) is 0.0365. The molecule has 0 spiro atoms. The molecule has 11 heteroatoms. The summed E-state index contributed by atoms with van der Waals surface area (Å²) >= 11 is 0. The van der Waals surface area contributed by atoms with Crippen molar-refractivity contribution in [3.63, 3.8) is 0 Å². The zero-order chi connectivity index (χ0) is 29.8. The number of para-hydroxylation sites is 1. The molecular weight excluding hydrogens is 551 g/mol. The second-order valence-corrected chi connectivity index (χ2v) is 10.6. The molecule has 10 nitrogen and oxygen atoms in total. The van der Waals surface area contributed by atoms with Crippen molar-refractivity contribution in [1.82, 2.24) is 25.2 Å². The van der Waals surface area contributed by atoms with Gasteiger partial charge in [-0.15, -0.1) is 0 Å². The number of imidazole rings is 1. The van der Waals surface area contributed by atoms with E-state index >= 15 is 0 Å². The van der Waals surface area contributed by atoms with E-state index in [1.54, 1.807) is 13.3 Å². The number of aliphatic hydroxyl groups excluding tert-OH is 1. The second-order valence-electron chi connectivity index (χ2n) is 10.6. The van der Waals surface area contributed by atoms with E-state index in [-0.39, 0.29) is 43.3 Å². The Morgan fingerprint density at radius 1 is 1.16 bits per heavy atom. The molecule has 0 radical (unpaired) electrons. The highest BCUT2D eigenvalue weighted by Gasteiger charge is 2.34. The minimum Gasteiger partial charge on any atom is -0.490 e. The van der Waals surface area contributed by atoms with Crippen LogP contribution in [0.4, 0.5) is 4.39 Å². The highest BCUT2D eigenvalue weighted by Crippen LogP contribution is 2.40. The summed E-state index contributed by atoms with van der Waals surface area (Å²) in [7, 11) is 1.67. The highest BCUT2D eigenvalue weighted by molar-refractivity contribution is 5.92. The van der Waals surface area contributed by atoms with Crippen LogP contribution in [0.15, 0.2) is 78.1 Å². The van der Waals surface area contributed by atoms with Gasteiger partial charge in [-0.05, 0) is 67.4 Å². The lowest BCUT2D eigenvalue weighted by Gasteiger charge is -2.36. The first-order valence-electron chi connectivity index (χ1n) is 14.3. The Bertz CT molecular complexity index is 1670. The molecule has 2 aromatic carbocycles. The average molecular weight is 585 g/mol. The quantitative estimate of drug-likeness (QED) is 0.268. The third-order valence-electron chi connectivity index (χ3n) is 7.80. The topological polar surface area (TPSA) is 123 Å². The Balaban J connectivity index is 1.42. The molecule has 1 unspecified atom stereocenters. The molecule has 1 saturated carbocycles. The Morgan fingerprint density at radius 2 is 2.05 bits per heavy atom. The molecule has 3 heterocycles. The molecule has 1 aliphatic heterocycles. The predicted octanol–water partition coefficient (Wildman–Crippen LogP) is 4.33. The van der Waals surface area contributed by atoms with Crippen LogP contribution in [0, 0.1) is 5.82 Å². The molecule has 4 aromatic rings. The van der Waals surface area contributed by atoms with Crippen LogP contribution in [0.5, 0.6) is 5.75 Å². The number of carbonyl (C=O) groups is 1. The van der Waals surface area contributed by atoms with Crippen molar-refractivity contribution in [3.8, 4) is 17.1 Å². The molecule has 222 valence electrons. The molecule has 2 aliphatic rings. The van der Waals surface area contributed by atoms with Crippen LogP contribution in [0.25, 0.3) is 22.4 Å². The molecular formula is C32H33FN6O4. The van der Waals surface area contributed by atoms with E-state index in [4.69, 9.17) is 14.5 Å². The number of amides is 1. The molecule has 0 bridgehead atoms. The fraction of sp³-hybridized carbons (Fsp3) is 0.312. The number of hydrogen-bond acceptors (Lipinski definition) is 8. The summed E-state index contributed by atoms with van der Waals surface area (Å²) in [6.07, 6.45) is 8.27. The van der Waals surface area contributed by atoms with Crippen LogP contribution < -0.4 is 15.4 Å². The molecule has 1 aliphatic carbocycles. The Morgan fingerprint density at radius 3 is 2.84 bits per heavy atom. The summed E-state index contributed by atoms with van der Waals surface area (Å²) in [4.78, 5) is 26.7. The number of pyridine rings is 1. The average Bonchev–Trinajstić information content (AvgIpc) is 3.43. The van der Waals surface area contributed by atoms with Gasteiger partial charge in [-0.25, -0.2) is 9.37 Å². The van der Waals surface area contributed by atoms with E-state index in [9.17, 15) is 14.3 Å². The highest BCUT2D eigenvalue weighted by atomic mass is 19.1. The number of aromatic nitrogens is 3. The third-order valence-corrected chi connectivity index (χ3v) is 7.80. The number of ether oxygens (including phenoxy) is 2. The molecule has 2 aromatic heterocycles. The van der Waals surface area contributed by atoms with E-state index < -0.39 is 11.7 Å². The van der Waals surface area contributed by atoms with Gasteiger partial charge in [0.2, 0.25) is 0 Å². The van der Waals surface area contributed by atoms with Gasteiger partial charge in [-0.1, -0.05) is 18.2 Å². The third kappa shape index (κ3) is 6.13. The van der Waals surface area contributed by atoms with Gasteiger partial charge < -0.3 is 29.8 Å². The monoisotopic (exact) mass is 584 g/mol. The van der Waals surface area contributed by atoms with Crippen molar-refractivity contribution >= 4 is 23.2 Å². The lowest BCUT2D eigenvalue weighted by Crippen LogP contribution is -2.43. The van der Waals surface area contributed by atoms with Gasteiger partial charge >= 0.3 is 0 Å². The molecule has 6 rings (SSSR count). The molecule has 1 fully saturated rings. The largest absolute Gasteiger partial charge is 0.490 e. The zero-order valence-electron chi connectivity index (χ0n) is 23.7. The van der Waals surface area contributed by atoms with Crippen LogP contribution >= 0.6 is 0 Å². The molecule has 1 amide bonds. The number of carbonyl (C=O) groups excluding carboxylic acids is 1. The number of hydrogen-bond donors (Lipinski definition) is 3. The van der Waals surface area contributed by atoms with Crippen molar-refractivity contribution in [2.24, 2.45) is 4.99 Å². The number of methoxy groups -OCH3 is 1. The van der Waals surface area contributed by atoms with Gasteiger partial charge in [0.05, 0.1) is 29.3 Å². The summed E-state index contributed by atoms with van der Waals surface area (Å²) in [5.74, 6) is 0.364. The first-order chi connectivity index (χ1) is 21.0. The minimum atomic E-state index is -0.517. The van der Waals surface area contributed by atoms with Crippen LogP contribution in [0.1, 0.15) is 47.5 Å². The first kappa shape index (κ1) is 28.5. The molecule has 43 heavy (non-hydrogen) atoms. The Labute approximate surface area is 248 Å². The van der Waals surface area contributed by atoms with Crippen molar-refractivity contribution in [3.05, 3.63) is 90.1 Å². The lowest BCUT2D eigenvalue weighted by molar-refractivity contribution is 0.0397. The number of fused-ring (bicyclic) bond motifs is 1. The van der Waals surface area contributed by atoms with Crippen LogP contribution in [0.3, 0.4) is 0 Å². The zero-order valence-corrected chi connectivity index (χ0v) is 23.7. The Hall–Kier alpha value is -4.61. The second kappa shape index (κ2) is 12.7. The number of rotatable bonds is 9. The maximum atomic E-state index is 13.8. The van der Waals surface area contributed by atoms with Gasteiger partial charge in [-0.3, -0.25) is 14.8 Å². The number of nitrogens with zero attached hydrogens (tertiary/aromatic N) is 4. The van der Waals surface area contributed by atoms with E-state index in [0.29, 0.717) is 30.8 Å². The van der Waals surface area contributed by atoms with Gasteiger partial charge in [0.15, 0.2) is 0 Å². The maximum Gasteiger partial charge on any atom is 0.270 e. The SMILES string of the molecule is CO[C@H]1C[C@H](NC(=O)c2cc(F)ccn2)C[C@H](n2c(-c3ccccc3OCCO)nc3ccc(C4N=CC=CN4)cc32)C1.